The second-order valence-electron chi connectivity index (χ2n) is 4.78. The molecule has 0 N–H and O–H groups in total. The molecule has 1 heterocycles. The van der Waals surface area contributed by atoms with Crippen LogP contribution in [-0.2, 0) is 9.92 Å². The quantitative estimate of drug-likeness (QED) is 0.664. The molecule has 0 amide bonds. The van der Waals surface area contributed by atoms with Gasteiger partial charge < -0.3 is 0 Å². The van der Waals surface area contributed by atoms with Gasteiger partial charge in [0, 0.05) is 20.1 Å². The fourth-order valence-corrected chi connectivity index (χ4v) is 4.20. The van der Waals surface area contributed by atoms with Crippen molar-refractivity contribution in [2.45, 2.75) is 44.8 Å². The standard InChI is InChI=1S/C10H22N2OS/c1-10(2,3)14(13,11-4)12-8-6-5-7-9-12/h5-9H2,1-4H3. The zero-order chi connectivity index (χ0) is 10.8. The van der Waals surface area contributed by atoms with Crippen molar-refractivity contribution in [2.24, 2.45) is 4.36 Å². The van der Waals surface area contributed by atoms with Crippen molar-refractivity contribution < 1.29 is 4.21 Å². The van der Waals surface area contributed by atoms with Crippen molar-refractivity contribution in [1.82, 2.24) is 4.31 Å². The Balaban J connectivity index is 2.96. The van der Waals surface area contributed by atoms with Crippen LogP contribution in [0.5, 0.6) is 0 Å². The molecule has 1 aliphatic rings. The predicted octanol–water partition coefficient (Wildman–Crippen LogP) is 2.28. The fraction of sp³-hybridized carbons (Fsp3) is 1.00. The van der Waals surface area contributed by atoms with E-state index in [1.54, 1.807) is 7.05 Å². The molecule has 0 aromatic carbocycles. The third-order valence-corrected chi connectivity index (χ3v) is 5.87. The van der Waals surface area contributed by atoms with Crippen molar-refractivity contribution >= 4 is 9.92 Å². The molecule has 3 nitrogen and oxygen atoms in total. The molecule has 1 atom stereocenters. The molecule has 0 saturated carbocycles. The first-order chi connectivity index (χ1) is 6.42. The van der Waals surface area contributed by atoms with Crippen molar-refractivity contribution in [3.63, 3.8) is 0 Å². The van der Waals surface area contributed by atoms with Gasteiger partial charge in [-0.1, -0.05) is 6.42 Å². The summed E-state index contributed by atoms with van der Waals surface area (Å²) in [6, 6.07) is 0. The lowest BCUT2D eigenvalue weighted by atomic mass is 10.2. The molecule has 1 aliphatic heterocycles. The van der Waals surface area contributed by atoms with E-state index >= 15 is 0 Å². The summed E-state index contributed by atoms with van der Waals surface area (Å²) in [6.45, 7) is 7.91. The summed E-state index contributed by atoms with van der Waals surface area (Å²) in [5, 5.41) is 0. The second kappa shape index (κ2) is 4.19. The normalized spacial score (nSPS) is 24.3. The van der Waals surface area contributed by atoms with Crippen LogP contribution in [0, 0.1) is 0 Å². The first-order valence-corrected chi connectivity index (χ1v) is 6.79. The van der Waals surface area contributed by atoms with Gasteiger partial charge in [0.05, 0.1) is 4.75 Å². The molecule has 14 heavy (non-hydrogen) atoms. The highest BCUT2D eigenvalue weighted by Gasteiger charge is 2.32. The van der Waals surface area contributed by atoms with E-state index in [0.29, 0.717) is 0 Å². The first kappa shape index (κ1) is 12.0. The topological polar surface area (TPSA) is 32.7 Å². The van der Waals surface area contributed by atoms with Gasteiger partial charge in [-0.05, 0) is 33.6 Å². The van der Waals surface area contributed by atoms with Crippen LogP contribution in [0.15, 0.2) is 4.36 Å². The molecular formula is C10H22N2OS. The Labute approximate surface area is 88.2 Å². The third-order valence-electron chi connectivity index (χ3n) is 2.71. The zero-order valence-electron chi connectivity index (χ0n) is 9.75. The van der Waals surface area contributed by atoms with Crippen LogP contribution in [0.2, 0.25) is 0 Å². The van der Waals surface area contributed by atoms with Gasteiger partial charge >= 0.3 is 0 Å². The van der Waals surface area contributed by atoms with Gasteiger partial charge in [0.25, 0.3) is 0 Å². The van der Waals surface area contributed by atoms with Crippen LogP contribution in [0.25, 0.3) is 0 Å². The molecule has 1 unspecified atom stereocenters. The Bertz CT molecular complexity index is 292. The minimum absolute atomic E-state index is 0.251. The Morgan fingerprint density at radius 3 is 2.00 bits per heavy atom. The monoisotopic (exact) mass is 218 g/mol. The second-order valence-corrected chi connectivity index (χ2v) is 7.88. The van der Waals surface area contributed by atoms with E-state index in [2.05, 4.69) is 8.67 Å². The van der Waals surface area contributed by atoms with Crippen LogP contribution in [-0.4, -0.2) is 33.4 Å². The predicted molar refractivity (Wildman–Crippen MR) is 61.7 cm³/mol. The molecule has 0 spiro atoms. The molecule has 0 bridgehead atoms. The Morgan fingerprint density at radius 2 is 1.64 bits per heavy atom. The van der Waals surface area contributed by atoms with Crippen molar-refractivity contribution in [3.05, 3.63) is 0 Å². The summed E-state index contributed by atoms with van der Waals surface area (Å²) in [5.41, 5.74) is 0. The average molecular weight is 218 g/mol. The molecule has 0 radical (unpaired) electrons. The van der Waals surface area contributed by atoms with Crippen LogP contribution in [0.3, 0.4) is 0 Å². The molecule has 0 aromatic heterocycles. The molecule has 1 fully saturated rings. The van der Waals surface area contributed by atoms with E-state index in [-0.39, 0.29) is 4.75 Å². The smallest absolute Gasteiger partial charge is 0.115 e. The van der Waals surface area contributed by atoms with Crippen molar-refractivity contribution in [1.29, 1.82) is 0 Å². The van der Waals surface area contributed by atoms with Crippen LogP contribution in [0.1, 0.15) is 40.0 Å². The molecule has 1 saturated heterocycles. The summed E-state index contributed by atoms with van der Waals surface area (Å²) in [4.78, 5) is 0. The first-order valence-electron chi connectivity index (χ1n) is 5.32. The zero-order valence-corrected chi connectivity index (χ0v) is 10.6. The number of hydrogen-bond donors (Lipinski definition) is 0. The highest BCUT2D eigenvalue weighted by atomic mass is 32.2. The average Bonchev–Trinajstić information content (AvgIpc) is 2.16. The van der Waals surface area contributed by atoms with E-state index in [1.165, 1.54) is 6.42 Å². The van der Waals surface area contributed by atoms with Crippen molar-refractivity contribution in [3.8, 4) is 0 Å². The molecule has 1 rings (SSSR count). The summed E-state index contributed by atoms with van der Waals surface area (Å²) < 4.78 is 18.7. The number of piperidine rings is 1. The number of rotatable bonds is 1. The van der Waals surface area contributed by atoms with Gasteiger partial charge in [0.15, 0.2) is 0 Å². The Kier molecular flexibility index (Phi) is 3.58. The fourth-order valence-electron chi connectivity index (χ4n) is 1.89. The minimum Gasteiger partial charge on any atom is -0.233 e. The van der Waals surface area contributed by atoms with E-state index in [9.17, 15) is 4.21 Å². The van der Waals surface area contributed by atoms with Gasteiger partial charge in [-0.2, -0.15) is 0 Å². The van der Waals surface area contributed by atoms with Gasteiger partial charge in [-0.15, -0.1) is 0 Å². The third kappa shape index (κ3) is 2.11. The summed E-state index contributed by atoms with van der Waals surface area (Å²) in [6.07, 6.45) is 3.57. The van der Waals surface area contributed by atoms with E-state index in [1.807, 2.05) is 20.8 Å². The molecule has 4 heteroatoms. The van der Waals surface area contributed by atoms with Crippen molar-refractivity contribution in [2.75, 3.05) is 20.1 Å². The maximum Gasteiger partial charge on any atom is 0.115 e. The van der Waals surface area contributed by atoms with E-state index < -0.39 is 9.92 Å². The van der Waals surface area contributed by atoms with E-state index in [0.717, 1.165) is 25.9 Å². The SMILES string of the molecule is CN=S(=O)(N1CCCCC1)C(C)(C)C. The van der Waals surface area contributed by atoms with E-state index in [4.69, 9.17) is 0 Å². The van der Waals surface area contributed by atoms with Gasteiger partial charge in [-0.25, -0.2) is 12.9 Å². The number of hydrogen-bond acceptors (Lipinski definition) is 2. The molecule has 0 aromatic rings. The summed E-state index contributed by atoms with van der Waals surface area (Å²) in [7, 11) is -0.504. The van der Waals surface area contributed by atoms with Gasteiger partial charge in [-0.3, -0.25) is 0 Å². The Morgan fingerprint density at radius 1 is 1.14 bits per heavy atom. The number of nitrogens with zero attached hydrogens (tertiary/aromatic N) is 2. The maximum atomic E-state index is 12.7. The maximum absolute atomic E-state index is 12.7. The summed E-state index contributed by atoms with van der Waals surface area (Å²) in [5.74, 6) is 0. The van der Waals surface area contributed by atoms with Crippen LogP contribution in [0.4, 0.5) is 0 Å². The highest BCUT2D eigenvalue weighted by Crippen LogP contribution is 2.25. The lowest BCUT2D eigenvalue weighted by Crippen LogP contribution is -2.45. The highest BCUT2D eigenvalue weighted by molar-refractivity contribution is 7.92. The lowest BCUT2D eigenvalue weighted by molar-refractivity contribution is 0.354. The molecule has 84 valence electrons. The molecular weight excluding hydrogens is 196 g/mol. The summed E-state index contributed by atoms with van der Waals surface area (Å²) >= 11 is 0. The minimum atomic E-state index is -2.19. The van der Waals surface area contributed by atoms with Crippen LogP contribution >= 0.6 is 0 Å². The lowest BCUT2D eigenvalue weighted by Gasteiger charge is -2.36. The largest absolute Gasteiger partial charge is 0.233 e. The Hall–Kier alpha value is -0.0900. The van der Waals surface area contributed by atoms with Gasteiger partial charge in [0.1, 0.15) is 9.92 Å². The van der Waals surface area contributed by atoms with Crippen LogP contribution < -0.4 is 0 Å². The molecule has 0 aliphatic carbocycles. The van der Waals surface area contributed by atoms with Gasteiger partial charge in [0.2, 0.25) is 0 Å².